The number of aromatic nitrogens is 2. The number of rotatable bonds is 5. The lowest BCUT2D eigenvalue weighted by molar-refractivity contribution is -0.114. The molecule has 1 aliphatic heterocycles. The maximum Gasteiger partial charge on any atom is 0.252 e. The first kappa shape index (κ1) is 15.5. The lowest BCUT2D eigenvalue weighted by Gasteiger charge is -2.18. The Hall–Kier alpha value is -3.06. The van der Waals surface area contributed by atoms with E-state index in [0.29, 0.717) is 18.1 Å². The molecule has 0 bridgehead atoms. The fourth-order valence-corrected chi connectivity index (χ4v) is 3.21. The van der Waals surface area contributed by atoms with Crippen LogP contribution in [0.4, 0.5) is 5.82 Å². The summed E-state index contributed by atoms with van der Waals surface area (Å²) in [5.41, 5.74) is 0.873. The highest BCUT2D eigenvalue weighted by Gasteiger charge is 2.16. The lowest BCUT2D eigenvalue weighted by atomic mass is 10.2. The van der Waals surface area contributed by atoms with Gasteiger partial charge in [-0.2, -0.15) is 5.10 Å². The minimum Gasteiger partial charge on any atom is -0.454 e. The van der Waals surface area contributed by atoms with Gasteiger partial charge in [0.15, 0.2) is 11.5 Å². The van der Waals surface area contributed by atoms with Gasteiger partial charge in [-0.15, -0.1) is 11.3 Å². The van der Waals surface area contributed by atoms with Crippen molar-refractivity contribution >= 4 is 29.1 Å². The first-order chi connectivity index (χ1) is 12.3. The van der Waals surface area contributed by atoms with E-state index in [2.05, 4.69) is 10.2 Å². The van der Waals surface area contributed by atoms with Gasteiger partial charge in [-0.05, 0) is 35.2 Å². The summed E-state index contributed by atoms with van der Waals surface area (Å²) in [7, 11) is 0. The van der Waals surface area contributed by atoms with Gasteiger partial charge in [-0.25, -0.2) is 0 Å². The fourth-order valence-electron chi connectivity index (χ4n) is 2.51. The third kappa shape index (κ3) is 3.41. The topological polar surface area (TPSA) is 67.5 Å². The zero-order chi connectivity index (χ0) is 17.1. The van der Waals surface area contributed by atoms with Crippen LogP contribution in [0.3, 0.4) is 0 Å². The van der Waals surface area contributed by atoms with Gasteiger partial charge in [0.1, 0.15) is 5.82 Å². The monoisotopic (exact) mass is 353 g/mol. The Kier molecular flexibility index (Phi) is 4.22. The van der Waals surface area contributed by atoms with Crippen LogP contribution in [0.1, 0.15) is 10.4 Å². The number of carbonyl (C=O) groups is 1. The number of hydrogen-bond donors (Lipinski definition) is 1. The molecule has 3 aromatic rings. The molecule has 0 unspecified atom stereocenters. The third-order valence-corrected chi connectivity index (χ3v) is 4.61. The molecule has 0 radical (unpaired) electrons. The Bertz CT molecular complexity index is 888. The Morgan fingerprint density at radius 1 is 1.28 bits per heavy atom. The molecule has 1 aliphatic rings. The Balaban J connectivity index is 1.54. The molecule has 0 fully saturated rings. The normalized spacial score (nSPS) is 12.6. The second-order valence-electron chi connectivity index (χ2n) is 5.39. The molecule has 7 heteroatoms. The van der Waals surface area contributed by atoms with Crippen molar-refractivity contribution in [3.05, 3.63) is 64.5 Å². The molecule has 3 heterocycles. The highest BCUT2D eigenvalue weighted by Crippen LogP contribution is 2.32. The number of fused-ring (bicyclic) bond motifs is 1. The van der Waals surface area contributed by atoms with Crippen LogP contribution >= 0.6 is 11.3 Å². The minimum absolute atomic E-state index is 0.129. The number of nitrogens with one attached hydrogen (secondary N) is 1. The second-order valence-corrected chi connectivity index (χ2v) is 6.42. The molecular weight excluding hydrogens is 338 g/mol. The first-order valence-electron chi connectivity index (χ1n) is 7.70. The number of carbonyl (C=O) groups excluding carboxylic acids is 1. The molecular formula is C18H15N3O3S. The first-order valence-corrected chi connectivity index (χ1v) is 8.58. The molecule has 126 valence electrons. The van der Waals surface area contributed by atoms with E-state index < -0.39 is 0 Å². The zero-order valence-electron chi connectivity index (χ0n) is 13.2. The van der Waals surface area contributed by atoms with Gasteiger partial charge in [0.2, 0.25) is 6.79 Å². The number of nitrogens with zero attached hydrogens (tertiary/aromatic N) is 2. The summed E-state index contributed by atoms with van der Waals surface area (Å²) in [6, 6.07) is 11.3. The third-order valence-electron chi connectivity index (χ3n) is 3.75. The molecule has 0 saturated carbocycles. The van der Waals surface area contributed by atoms with Gasteiger partial charge in [-0.3, -0.25) is 14.8 Å². The maximum absolute atomic E-state index is 12.7. The van der Waals surface area contributed by atoms with Crippen molar-refractivity contribution in [1.82, 2.24) is 10.2 Å². The van der Waals surface area contributed by atoms with Crippen LogP contribution < -0.4 is 14.4 Å². The summed E-state index contributed by atoms with van der Waals surface area (Å²) >= 11 is 1.61. The molecule has 0 saturated heterocycles. The van der Waals surface area contributed by atoms with Crippen molar-refractivity contribution in [2.75, 3.05) is 11.7 Å². The summed E-state index contributed by atoms with van der Waals surface area (Å²) in [4.78, 5) is 15.5. The van der Waals surface area contributed by atoms with Gasteiger partial charge < -0.3 is 9.47 Å². The lowest BCUT2D eigenvalue weighted by Crippen LogP contribution is -2.28. The molecule has 0 atom stereocenters. The highest BCUT2D eigenvalue weighted by atomic mass is 32.1. The smallest absolute Gasteiger partial charge is 0.252 e. The van der Waals surface area contributed by atoms with Gasteiger partial charge in [0.25, 0.3) is 5.91 Å². The number of thiophene rings is 1. The average molecular weight is 353 g/mol. The van der Waals surface area contributed by atoms with Crippen LogP contribution in [0.25, 0.3) is 6.08 Å². The van der Waals surface area contributed by atoms with E-state index in [1.54, 1.807) is 40.7 Å². The molecule has 1 aromatic carbocycles. The zero-order valence-corrected chi connectivity index (χ0v) is 14.0. The van der Waals surface area contributed by atoms with Crippen molar-refractivity contribution < 1.29 is 14.3 Å². The number of H-pyrrole nitrogens is 1. The van der Waals surface area contributed by atoms with Gasteiger partial charge >= 0.3 is 0 Å². The van der Waals surface area contributed by atoms with Crippen LogP contribution in [0, 0.1) is 0 Å². The molecule has 25 heavy (non-hydrogen) atoms. The number of amides is 1. The molecule has 2 aromatic heterocycles. The molecule has 0 spiro atoms. The number of hydrogen-bond acceptors (Lipinski definition) is 5. The van der Waals surface area contributed by atoms with Gasteiger partial charge in [0, 0.05) is 17.0 Å². The SMILES string of the molecule is O=C(/C=C/c1ccc2c(c1)OCO2)N(Cc1cccs1)c1ccn[nH]1. The summed E-state index contributed by atoms with van der Waals surface area (Å²) in [6.07, 6.45) is 4.94. The van der Waals surface area contributed by atoms with Crippen molar-refractivity contribution in [1.29, 1.82) is 0 Å². The van der Waals surface area contributed by atoms with Crippen LogP contribution in [-0.4, -0.2) is 22.9 Å². The van der Waals surface area contributed by atoms with Crippen molar-refractivity contribution in [2.24, 2.45) is 0 Å². The minimum atomic E-state index is -0.129. The van der Waals surface area contributed by atoms with Crippen molar-refractivity contribution in [2.45, 2.75) is 6.54 Å². The van der Waals surface area contributed by atoms with E-state index in [1.807, 2.05) is 35.7 Å². The Morgan fingerprint density at radius 3 is 3.00 bits per heavy atom. The predicted octanol–water partition coefficient (Wildman–Crippen LogP) is 3.45. The average Bonchev–Trinajstić information content (AvgIpc) is 3.39. The quantitative estimate of drug-likeness (QED) is 0.714. The highest BCUT2D eigenvalue weighted by molar-refractivity contribution is 7.09. The van der Waals surface area contributed by atoms with E-state index in [1.165, 1.54) is 0 Å². The molecule has 6 nitrogen and oxygen atoms in total. The van der Waals surface area contributed by atoms with E-state index >= 15 is 0 Å². The van der Waals surface area contributed by atoms with Gasteiger partial charge in [0.05, 0.1) is 12.7 Å². The van der Waals surface area contributed by atoms with Crippen molar-refractivity contribution in [3.8, 4) is 11.5 Å². The standard InChI is InChI=1S/C18H15N3O3S/c22-18(6-4-13-3-5-15-16(10-13)24-12-23-15)21(17-7-8-19-20-17)11-14-2-1-9-25-14/h1-10H,11-12H2,(H,19,20)/b6-4+. The van der Waals surface area contributed by atoms with Crippen LogP contribution in [0.2, 0.25) is 0 Å². The molecule has 0 aliphatic carbocycles. The number of aromatic amines is 1. The van der Waals surface area contributed by atoms with E-state index in [0.717, 1.165) is 16.2 Å². The van der Waals surface area contributed by atoms with E-state index in [9.17, 15) is 4.79 Å². The Labute approximate surface area is 148 Å². The van der Waals surface area contributed by atoms with E-state index in [4.69, 9.17) is 9.47 Å². The van der Waals surface area contributed by atoms with Crippen molar-refractivity contribution in [3.63, 3.8) is 0 Å². The van der Waals surface area contributed by atoms with Gasteiger partial charge in [-0.1, -0.05) is 12.1 Å². The van der Waals surface area contributed by atoms with Crippen LogP contribution in [0.5, 0.6) is 11.5 Å². The fraction of sp³-hybridized carbons (Fsp3) is 0.111. The maximum atomic E-state index is 12.7. The van der Waals surface area contributed by atoms with Crippen LogP contribution in [0.15, 0.2) is 54.1 Å². The number of benzene rings is 1. The number of ether oxygens (including phenoxy) is 2. The molecule has 1 amide bonds. The van der Waals surface area contributed by atoms with E-state index in [-0.39, 0.29) is 12.7 Å². The molecule has 4 rings (SSSR count). The Morgan fingerprint density at radius 2 is 2.20 bits per heavy atom. The summed E-state index contributed by atoms with van der Waals surface area (Å²) in [5.74, 6) is 1.95. The van der Waals surface area contributed by atoms with Crippen LogP contribution in [-0.2, 0) is 11.3 Å². The molecule has 1 N–H and O–H groups in total. The largest absolute Gasteiger partial charge is 0.454 e. The summed E-state index contributed by atoms with van der Waals surface area (Å²) in [6.45, 7) is 0.722. The second kappa shape index (κ2) is 6.82. The summed E-state index contributed by atoms with van der Waals surface area (Å²) in [5, 5.41) is 8.79. The number of anilines is 1. The predicted molar refractivity (Wildman–Crippen MR) is 95.7 cm³/mol. The summed E-state index contributed by atoms with van der Waals surface area (Å²) < 4.78 is 10.7.